The molecule has 34 heavy (non-hydrogen) atoms. The van der Waals surface area contributed by atoms with Crippen LogP contribution in [0.1, 0.15) is 36.0 Å². The number of nitrogens with zero attached hydrogens (tertiary/aromatic N) is 2. The number of hydrogen-bond donors (Lipinski definition) is 0. The Labute approximate surface area is 204 Å². The summed E-state index contributed by atoms with van der Waals surface area (Å²) in [5.41, 5.74) is 0.751. The van der Waals surface area contributed by atoms with Crippen molar-refractivity contribution in [3.8, 4) is 0 Å². The summed E-state index contributed by atoms with van der Waals surface area (Å²) in [5, 5.41) is -0.265. The SMILES string of the molecule is CC(CN(CCCOC1CN(S(C)(=O)=O)C1)Cc1cccc(C(F)(F)F)c1Cl)c1ccccc1. The molecule has 0 aromatic heterocycles. The molecule has 1 fully saturated rings. The fraction of sp³-hybridized carbons (Fsp3) is 0.500. The maximum absolute atomic E-state index is 13.3. The maximum atomic E-state index is 13.3. The summed E-state index contributed by atoms with van der Waals surface area (Å²) in [7, 11) is -3.18. The molecule has 0 bridgehead atoms. The first-order valence-corrected chi connectivity index (χ1v) is 13.4. The molecule has 1 saturated heterocycles. The van der Waals surface area contributed by atoms with Crippen LogP contribution in [0.3, 0.4) is 0 Å². The van der Waals surface area contributed by atoms with Crippen molar-refractivity contribution in [1.82, 2.24) is 9.21 Å². The lowest BCUT2D eigenvalue weighted by molar-refractivity contribution is -0.137. The van der Waals surface area contributed by atoms with Crippen molar-refractivity contribution in [3.05, 3.63) is 70.2 Å². The van der Waals surface area contributed by atoms with Crippen LogP contribution >= 0.6 is 11.6 Å². The summed E-state index contributed by atoms with van der Waals surface area (Å²) in [5.74, 6) is 0.168. The van der Waals surface area contributed by atoms with Crippen LogP contribution in [0.15, 0.2) is 48.5 Å². The molecule has 0 saturated carbocycles. The second kappa shape index (κ2) is 11.4. The summed E-state index contributed by atoms with van der Waals surface area (Å²) < 4.78 is 70.0. The van der Waals surface area contributed by atoms with E-state index < -0.39 is 21.8 Å². The lowest BCUT2D eigenvalue weighted by Gasteiger charge is -2.37. The van der Waals surface area contributed by atoms with E-state index in [1.807, 2.05) is 30.3 Å². The normalized spacial score (nSPS) is 16.6. The molecule has 1 aliphatic rings. The first-order chi connectivity index (χ1) is 15.9. The Morgan fingerprint density at radius 1 is 1.15 bits per heavy atom. The van der Waals surface area contributed by atoms with Crippen molar-refractivity contribution in [1.29, 1.82) is 0 Å². The Morgan fingerprint density at radius 3 is 2.44 bits per heavy atom. The fourth-order valence-electron chi connectivity index (χ4n) is 3.99. The van der Waals surface area contributed by atoms with E-state index in [9.17, 15) is 21.6 Å². The molecule has 1 atom stereocenters. The standard InChI is InChI=1S/C24H30ClF3N2O3S/c1-18(19-8-4-3-5-9-19)14-29(12-7-13-33-21-16-30(17-21)34(2,31)32)15-20-10-6-11-22(23(20)25)24(26,27)28/h3-6,8-11,18,21H,7,12-17H2,1-2H3. The Balaban J connectivity index is 1.62. The molecule has 2 aromatic rings. The number of alkyl halides is 3. The summed E-state index contributed by atoms with van der Waals surface area (Å²) in [6.07, 6.45) is -2.79. The Hall–Kier alpha value is -1.65. The van der Waals surface area contributed by atoms with E-state index >= 15 is 0 Å². The molecule has 188 valence electrons. The number of ether oxygens (including phenoxy) is 1. The zero-order valence-electron chi connectivity index (χ0n) is 19.3. The molecule has 1 aliphatic heterocycles. The lowest BCUT2D eigenvalue weighted by Crippen LogP contribution is -2.54. The number of benzene rings is 2. The largest absolute Gasteiger partial charge is 0.417 e. The predicted molar refractivity (Wildman–Crippen MR) is 127 cm³/mol. The van der Waals surface area contributed by atoms with E-state index in [4.69, 9.17) is 16.3 Å². The zero-order valence-corrected chi connectivity index (χ0v) is 20.8. The van der Waals surface area contributed by atoms with Gasteiger partial charge in [0.25, 0.3) is 0 Å². The van der Waals surface area contributed by atoms with Gasteiger partial charge in [-0.25, -0.2) is 8.42 Å². The highest BCUT2D eigenvalue weighted by atomic mass is 35.5. The van der Waals surface area contributed by atoms with Crippen molar-refractivity contribution in [2.45, 2.75) is 38.1 Å². The van der Waals surface area contributed by atoms with Gasteiger partial charge in [0, 0.05) is 39.3 Å². The van der Waals surface area contributed by atoms with Gasteiger partial charge < -0.3 is 4.74 Å². The predicted octanol–water partition coefficient (Wildman–Crippen LogP) is 5.02. The first-order valence-electron chi connectivity index (χ1n) is 11.1. The van der Waals surface area contributed by atoms with Gasteiger partial charge >= 0.3 is 6.18 Å². The third-order valence-corrected chi connectivity index (χ3v) is 7.62. The van der Waals surface area contributed by atoms with Crippen molar-refractivity contribution in [2.24, 2.45) is 0 Å². The van der Waals surface area contributed by atoms with Crippen LogP contribution in [0.25, 0.3) is 0 Å². The van der Waals surface area contributed by atoms with Crippen molar-refractivity contribution in [2.75, 3.05) is 39.0 Å². The Kier molecular flexibility index (Phi) is 9.03. The van der Waals surface area contributed by atoms with Crippen molar-refractivity contribution < 1.29 is 26.3 Å². The van der Waals surface area contributed by atoms with Gasteiger partial charge in [-0.2, -0.15) is 17.5 Å². The molecular weight excluding hydrogens is 489 g/mol. The smallest absolute Gasteiger partial charge is 0.375 e. The third-order valence-electron chi connectivity index (χ3n) is 5.93. The highest BCUT2D eigenvalue weighted by molar-refractivity contribution is 7.88. The van der Waals surface area contributed by atoms with Gasteiger partial charge in [-0.1, -0.05) is 61.0 Å². The number of hydrogen-bond acceptors (Lipinski definition) is 4. The van der Waals surface area contributed by atoms with E-state index in [2.05, 4.69) is 11.8 Å². The molecule has 1 heterocycles. The number of sulfonamides is 1. The topological polar surface area (TPSA) is 49.9 Å². The van der Waals surface area contributed by atoms with Gasteiger partial charge in [0.1, 0.15) is 0 Å². The highest BCUT2D eigenvalue weighted by Gasteiger charge is 2.34. The molecule has 2 aromatic carbocycles. The minimum Gasteiger partial charge on any atom is -0.375 e. The molecule has 1 unspecified atom stereocenters. The summed E-state index contributed by atoms with van der Waals surface area (Å²) in [4.78, 5) is 2.09. The van der Waals surface area contributed by atoms with E-state index in [0.29, 0.717) is 44.8 Å². The van der Waals surface area contributed by atoms with Crippen LogP contribution in [0, 0.1) is 0 Å². The minimum absolute atomic E-state index is 0.121. The second-order valence-corrected chi connectivity index (χ2v) is 11.1. The second-order valence-electron chi connectivity index (χ2n) is 8.75. The molecule has 0 N–H and O–H groups in total. The number of rotatable bonds is 11. The lowest BCUT2D eigenvalue weighted by atomic mass is 10.00. The van der Waals surface area contributed by atoms with Crippen LogP contribution < -0.4 is 0 Å². The third kappa shape index (κ3) is 7.42. The van der Waals surface area contributed by atoms with Crippen LogP contribution in [0.5, 0.6) is 0 Å². The summed E-state index contributed by atoms with van der Waals surface area (Å²) in [6.45, 7) is 4.76. The average molecular weight is 519 g/mol. The quantitative estimate of drug-likeness (QED) is 0.392. The van der Waals surface area contributed by atoms with Crippen LogP contribution in [0.4, 0.5) is 13.2 Å². The van der Waals surface area contributed by atoms with E-state index in [-0.39, 0.29) is 23.6 Å². The summed E-state index contributed by atoms with van der Waals surface area (Å²) in [6, 6.07) is 13.9. The average Bonchev–Trinajstić information content (AvgIpc) is 2.72. The molecule has 0 amide bonds. The Morgan fingerprint density at radius 2 is 1.82 bits per heavy atom. The molecular formula is C24H30ClF3N2O3S. The van der Waals surface area contributed by atoms with Gasteiger partial charge in [0.2, 0.25) is 10.0 Å². The van der Waals surface area contributed by atoms with Crippen molar-refractivity contribution in [3.63, 3.8) is 0 Å². The molecule has 0 aliphatic carbocycles. The van der Waals surface area contributed by atoms with Gasteiger partial charge in [-0.15, -0.1) is 0 Å². The van der Waals surface area contributed by atoms with Gasteiger partial charge in [0.05, 0.1) is 22.9 Å². The molecule has 0 radical (unpaired) electrons. The van der Waals surface area contributed by atoms with Crippen LogP contribution in [0.2, 0.25) is 5.02 Å². The van der Waals surface area contributed by atoms with E-state index in [1.54, 1.807) is 6.07 Å². The minimum atomic E-state index is -4.51. The van der Waals surface area contributed by atoms with E-state index in [1.165, 1.54) is 16.6 Å². The molecule has 0 spiro atoms. The summed E-state index contributed by atoms with van der Waals surface area (Å²) >= 11 is 6.15. The van der Waals surface area contributed by atoms with E-state index in [0.717, 1.165) is 11.6 Å². The van der Waals surface area contributed by atoms with Crippen molar-refractivity contribution >= 4 is 21.6 Å². The number of halogens is 4. The molecule has 5 nitrogen and oxygen atoms in total. The first kappa shape index (κ1) is 26.9. The Bertz CT molecular complexity index is 1050. The van der Waals surface area contributed by atoms with Gasteiger partial charge in [-0.05, 0) is 29.5 Å². The van der Waals surface area contributed by atoms with Gasteiger partial charge in [-0.3, -0.25) is 4.90 Å². The maximum Gasteiger partial charge on any atom is 0.417 e. The van der Waals surface area contributed by atoms with Crippen LogP contribution in [-0.2, 0) is 27.5 Å². The van der Waals surface area contributed by atoms with Crippen LogP contribution in [-0.4, -0.2) is 62.8 Å². The fourth-order valence-corrected chi connectivity index (χ4v) is 5.15. The highest BCUT2D eigenvalue weighted by Crippen LogP contribution is 2.36. The van der Waals surface area contributed by atoms with Gasteiger partial charge in [0.15, 0.2) is 0 Å². The monoisotopic (exact) mass is 518 g/mol. The zero-order chi connectivity index (χ0) is 24.9. The molecule has 10 heteroatoms. The molecule has 3 rings (SSSR count).